The van der Waals surface area contributed by atoms with Gasteiger partial charge < -0.3 is 9.64 Å². The highest BCUT2D eigenvalue weighted by atomic mass is 16.5. The second-order valence-corrected chi connectivity index (χ2v) is 5.12. The zero-order valence-corrected chi connectivity index (χ0v) is 12.1. The number of rotatable bonds is 5. The summed E-state index contributed by atoms with van der Waals surface area (Å²) in [4.78, 5) is 14.5. The lowest BCUT2D eigenvalue weighted by molar-refractivity contribution is 0.0630. The van der Waals surface area contributed by atoms with Crippen molar-refractivity contribution in [3.05, 3.63) is 17.5 Å². The molecule has 1 fully saturated rings. The highest BCUT2D eigenvalue weighted by Gasteiger charge is 2.30. The standard InChI is InChI=1S/C14H23N3O2/c1-4-7-17-11(2)13(9-15-17)14(18)16-8-5-6-12(16)10-19-3/h9,12H,4-8,10H2,1-3H3. The number of hydrogen-bond acceptors (Lipinski definition) is 3. The largest absolute Gasteiger partial charge is 0.383 e. The Labute approximate surface area is 114 Å². The van der Waals surface area contributed by atoms with Gasteiger partial charge in [-0.3, -0.25) is 9.48 Å². The van der Waals surface area contributed by atoms with Crippen molar-refractivity contribution in [3.63, 3.8) is 0 Å². The van der Waals surface area contributed by atoms with Crippen molar-refractivity contribution in [2.24, 2.45) is 0 Å². The molecule has 0 bridgehead atoms. The van der Waals surface area contributed by atoms with E-state index in [2.05, 4.69) is 12.0 Å². The Balaban J connectivity index is 2.15. The van der Waals surface area contributed by atoms with E-state index in [1.807, 2.05) is 16.5 Å². The minimum Gasteiger partial charge on any atom is -0.383 e. The fourth-order valence-electron chi connectivity index (χ4n) is 2.72. The lowest BCUT2D eigenvalue weighted by Crippen LogP contribution is -2.38. The van der Waals surface area contributed by atoms with Crippen LogP contribution in [0.1, 0.15) is 42.2 Å². The van der Waals surface area contributed by atoms with Crippen LogP contribution in [0, 0.1) is 6.92 Å². The molecule has 0 spiro atoms. The van der Waals surface area contributed by atoms with Gasteiger partial charge in [-0.15, -0.1) is 0 Å². The third kappa shape index (κ3) is 2.81. The summed E-state index contributed by atoms with van der Waals surface area (Å²) in [6.45, 7) is 6.38. The zero-order valence-electron chi connectivity index (χ0n) is 12.1. The number of methoxy groups -OCH3 is 1. The van der Waals surface area contributed by atoms with Gasteiger partial charge in [0.1, 0.15) is 0 Å². The van der Waals surface area contributed by atoms with Gasteiger partial charge in [-0.2, -0.15) is 5.10 Å². The van der Waals surface area contributed by atoms with Crippen molar-refractivity contribution < 1.29 is 9.53 Å². The van der Waals surface area contributed by atoms with Crippen molar-refractivity contribution in [3.8, 4) is 0 Å². The minimum absolute atomic E-state index is 0.0967. The SMILES string of the molecule is CCCn1ncc(C(=O)N2CCCC2COC)c1C. The molecular formula is C14H23N3O2. The van der Waals surface area contributed by atoms with Gasteiger partial charge in [0.2, 0.25) is 0 Å². The molecule has 1 atom stereocenters. The molecule has 0 radical (unpaired) electrons. The van der Waals surface area contributed by atoms with Gasteiger partial charge in [0.05, 0.1) is 24.4 Å². The van der Waals surface area contributed by atoms with Gasteiger partial charge >= 0.3 is 0 Å². The third-order valence-corrected chi connectivity index (χ3v) is 3.77. The van der Waals surface area contributed by atoms with Gasteiger partial charge in [-0.05, 0) is 26.2 Å². The van der Waals surface area contributed by atoms with E-state index < -0.39 is 0 Å². The summed E-state index contributed by atoms with van der Waals surface area (Å²) < 4.78 is 7.11. The van der Waals surface area contributed by atoms with Crippen LogP contribution in [0.25, 0.3) is 0 Å². The number of ether oxygens (including phenoxy) is 1. The molecule has 2 heterocycles. The maximum absolute atomic E-state index is 12.6. The van der Waals surface area contributed by atoms with E-state index >= 15 is 0 Å². The molecular weight excluding hydrogens is 242 g/mol. The van der Waals surface area contributed by atoms with Crippen LogP contribution in [0.4, 0.5) is 0 Å². The number of likely N-dealkylation sites (tertiary alicyclic amines) is 1. The van der Waals surface area contributed by atoms with Crippen molar-refractivity contribution >= 4 is 5.91 Å². The predicted octanol–water partition coefficient (Wildman–Crippen LogP) is 1.85. The number of amides is 1. The van der Waals surface area contributed by atoms with E-state index in [4.69, 9.17) is 4.74 Å². The van der Waals surface area contributed by atoms with E-state index in [0.29, 0.717) is 6.61 Å². The van der Waals surface area contributed by atoms with Gasteiger partial charge in [-0.1, -0.05) is 6.92 Å². The number of carbonyl (C=O) groups excluding carboxylic acids is 1. The first-order valence-electron chi connectivity index (χ1n) is 7.01. The number of aromatic nitrogens is 2. The van der Waals surface area contributed by atoms with Gasteiger partial charge in [0.25, 0.3) is 5.91 Å². The first-order chi connectivity index (χ1) is 9.19. The van der Waals surface area contributed by atoms with Crippen LogP contribution in [-0.2, 0) is 11.3 Å². The van der Waals surface area contributed by atoms with Crippen LogP contribution >= 0.6 is 0 Å². The maximum atomic E-state index is 12.6. The van der Waals surface area contributed by atoms with Crippen LogP contribution in [0.5, 0.6) is 0 Å². The molecule has 19 heavy (non-hydrogen) atoms. The van der Waals surface area contributed by atoms with Gasteiger partial charge in [-0.25, -0.2) is 0 Å². The van der Waals surface area contributed by atoms with Crippen molar-refractivity contribution in [1.29, 1.82) is 0 Å². The highest BCUT2D eigenvalue weighted by molar-refractivity contribution is 5.95. The summed E-state index contributed by atoms with van der Waals surface area (Å²) in [6, 6.07) is 0.214. The summed E-state index contributed by atoms with van der Waals surface area (Å²) in [7, 11) is 1.69. The Bertz CT molecular complexity index is 442. The summed E-state index contributed by atoms with van der Waals surface area (Å²) in [5.74, 6) is 0.0967. The Morgan fingerprint density at radius 3 is 3.05 bits per heavy atom. The molecule has 0 aliphatic carbocycles. The fraction of sp³-hybridized carbons (Fsp3) is 0.714. The average Bonchev–Trinajstić information content (AvgIpc) is 2.98. The average molecular weight is 265 g/mol. The number of nitrogens with zero attached hydrogens (tertiary/aromatic N) is 3. The van der Waals surface area contributed by atoms with Crippen molar-refractivity contribution in [1.82, 2.24) is 14.7 Å². The lowest BCUT2D eigenvalue weighted by Gasteiger charge is -2.23. The van der Waals surface area contributed by atoms with Gasteiger partial charge in [0, 0.05) is 25.9 Å². The molecule has 1 unspecified atom stereocenters. The normalized spacial score (nSPS) is 19.1. The smallest absolute Gasteiger partial charge is 0.257 e. The second kappa shape index (κ2) is 6.19. The Morgan fingerprint density at radius 2 is 2.37 bits per heavy atom. The van der Waals surface area contributed by atoms with Crippen LogP contribution in [0.3, 0.4) is 0 Å². The Hall–Kier alpha value is -1.36. The molecule has 5 heteroatoms. The molecule has 0 N–H and O–H groups in total. The monoisotopic (exact) mass is 265 g/mol. The summed E-state index contributed by atoms with van der Waals surface area (Å²) in [5.41, 5.74) is 1.70. The second-order valence-electron chi connectivity index (χ2n) is 5.12. The highest BCUT2D eigenvalue weighted by Crippen LogP contribution is 2.21. The van der Waals surface area contributed by atoms with Crippen LogP contribution in [0.15, 0.2) is 6.20 Å². The molecule has 1 amide bonds. The molecule has 106 valence electrons. The molecule has 0 saturated carbocycles. The molecule has 1 saturated heterocycles. The van der Waals surface area contributed by atoms with Crippen molar-refractivity contribution in [2.75, 3.05) is 20.3 Å². The predicted molar refractivity (Wildman–Crippen MR) is 73.2 cm³/mol. The number of carbonyl (C=O) groups is 1. The van der Waals surface area contributed by atoms with E-state index in [1.54, 1.807) is 13.3 Å². The maximum Gasteiger partial charge on any atom is 0.257 e. The topological polar surface area (TPSA) is 47.4 Å². The number of hydrogen-bond donors (Lipinski definition) is 0. The van der Waals surface area contributed by atoms with E-state index in [9.17, 15) is 4.79 Å². The van der Waals surface area contributed by atoms with E-state index in [1.165, 1.54) is 0 Å². The lowest BCUT2D eigenvalue weighted by atomic mass is 10.2. The Morgan fingerprint density at radius 1 is 1.58 bits per heavy atom. The zero-order chi connectivity index (χ0) is 13.8. The summed E-state index contributed by atoms with van der Waals surface area (Å²) >= 11 is 0. The molecule has 1 aliphatic rings. The molecule has 5 nitrogen and oxygen atoms in total. The summed E-state index contributed by atoms with van der Waals surface area (Å²) in [5, 5.41) is 4.31. The third-order valence-electron chi connectivity index (χ3n) is 3.77. The fourth-order valence-corrected chi connectivity index (χ4v) is 2.72. The number of aryl methyl sites for hydroxylation is 1. The van der Waals surface area contributed by atoms with Crippen molar-refractivity contribution in [2.45, 2.75) is 45.7 Å². The summed E-state index contributed by atoms with van der Waals surface area (Å²) in [6.07, 6.45) is 4.81. The molecule has 0 aromatic carbocycles. The van der Waals surface area contributed by atoms with E-state index in [0.717, 1.165) is 43.6 Å². The van der Waals surface area contributed by atoms with Crippen LogP contribution < -0.4 is 0 Å². The first-order valence-corrected chi connectivity index (χ1v) is 7.01. The van der Waals surface area contributed by atoms with Crippen LogP contribution in [-0.4, -0.2) is 46.9 Å². The quantitative estimate of drug-likeness (QED) is 0.816. The van der Waals surface area contributed by atoms with Crippen LogP contribution in [0.2, 0.25) is 0 Å². The van der Waals surface area contributed by atoms with E-state index in [-0.39, 0.29) is 11.9 Å². The molecule has 1 aromatic rings. The molecule has 1 aromatic heterocycles. The Kier molecular flexibility index (Phi) is 4.58. The van der Waals surface area contributed by atoms with Gasteiger partial charge in [0.15, 0.2) is 0 Å². The molecule has 1 aliphatic heterocycles. The minimum atomic E-state index is 0.0967. The molecule has 2 rings (SSSR count). The first kappa shape index (κ1) is 14.1.